The number of nitrogens with zero attached hydrogens (tertiary/aromatic N) is 8. The van der Waals surface area contributed by atoms with E-state index in [9.17, 15) is 4.79 Å². The van der Waals surface area contributed by atoms with E-state index in [4.69, 9.17) is 17.3 Å². The molecule has 0 atom stereocenters. The van der Waals surface area contributed by atoms with Gasteiger partial charge in [0.25, 0.3) is 5.91 Å². The first-order valence-corrected chi connectivity index (χ1v) is 10.2. The fraction of sp³-hybridized carbons (Fsp3) is 0.211. The fourth-order valence-corrected chi connectivity index (χ4v) is 3.41. The van der Waals surface area contributed by atoms with Crippen molar-refractivity contribution in [2.45, 2.75) is 13.5 Å². The quantitative estimate of drug-likeness (QED) is 0.247. The number of nitrogen functional groups attached to an aromatic ring is 1. The maximum atomic E-state index is 12.8. The van der Waals surface area contributed by atoms with Crippen molar-refractivity contribution in [1.29, 1.82) is 0 Å². The van der Waals surface area contributed by atoms with E-state index in [1.807, 2.05) is 44.4 Å². The molecule has 0 radical (unpaired) electrons. The predicted octanol–water partition coefficient (Wildman–Crippen LogP) is -0.212. The molecule has 0 saturated heterocycles. The van der Waals surface area contributed by atoms with Gasteiger partial charge in [-0.3, -0.25) is 4.79 Å². The maximum absolute atomic E-state index is 12.8. The van der Waals surface area contributed by atoms with E-state index in [2.05, 4.69) is 40.9 Å². The minimum Gasteiger partial charge on any atom is -0.378 e. The van der Waals surface area contributed by atoms with Crippen molar-refractivity contribution in [1.82, 2.24) is 40.5 Å². The van der Waals surface area contributed by atoms with Crippen LogP contribution in [0.15, 0.2) is 40.1 Å². The molecule has 3 heterocycles. The van der Waals surface area contributed by atoms with Crippen LogP contribution in [0.2, 0.25) is 5.15 Å². The first-order chi connectivity index (χ1) is 15.9. The monoisotopic (exact) mass is 470 g/mol. The lowest BCUT2D eigenvalue weighted by atomic mass is 10.3. The summed E-state index contributed by atoms with van der Waals surface area (Å²) in [6, 6.07) is 9.45. The van der Waals surface area contributed by atoms with Gasteiger partial charge in [-0.15, -0.1) is 5.10 Å². The van der Waals surface area contributed by atoms with Crippen molar-refractivity contribution in [2.75, 3.05) is 19.8 Å². The van der Waals surface area contributed by atoms with Crippen LogP contribution in [0.5, 0.6) is 0 Å². The van der Waals surface area contributed by atoms with Crippen LogP contribution in [0.1, 0.15) is 27.4 Å². The van der Waals surface area contributed by atoms with Crippen LogP contribution in [0.4, 0.5) is 5.82 Å². The van der Waals surface area contributed by atoms with Gasteiger partial charge in [-0.05, 0) is 29.4 Å². The van der Waals surface area contributed by atoms with Gasteiger partial charge in [0.05, 0.1) is 37.3 Å². The lowest BCUT2D eigenvalue weighted by molar-refractivity contribution is -0.873. The normalized spacial score (nSPS) is 11.5. The van der Waals surface area contributed by atoms with Gasteiger partial charge in [-0.2, -0.15) is 14.9 Å². The zero-order valence-electron chi connectivity index (χ0n) is 18.0. The first-order valence-electron chi connectivity index (χ1n) is 9.82. The van der Waals surface area contributed by atoms with E-state index in [0.29, 0.717) is 28.6 Å². The van der Waals surface area contributed by atoms with Crippen LogP contribution in [-0.2, 0) is 6.54 Å². The predicted molar refractivity (Wildman–Crippen MR) is 119 cm³/mol. The van der Waals surface area contributed by atoms with E-state index in [0.717, 1.165) is 10.6 Å². The molecule has 33 heavy (non-hydrogen) atoms. The van der Waals surface area contributed by atoms with Gasteiger partial charge in [-0.1, -0.05) is 35.0 Å². The second kappa shape index (κ2) is 9.18. The van der Waals surface area contributed by atoms with Crippen LogP contribution in [0.3, 0.4) is 0 Å². The summed E-state index contributed by atoms with van der Waals surface area (Å²) in [5.74, 6) is -0.384. The number of amides is 1. The van der Waals surface area contributed by atoms with Crippen LogP contribution < -0.4 is 16.1 Å². The smallest absolute Gasteiger partial charge is 0.294 e. The number of rotatable bonds is 7. The Bertz CT molecular complexity index is 1310. The molecule has 0 aliphatic rings. The van der Waals surface area contributed by atoms with E-state index in [-0.39, 0.29) is 17.3 Å². The van der Waals surface area contributed by atoms with Crippen LogP contribution in [0, 0.1) is 6.92 Å². The van der Waals surface area contributed by atoms with Gasteiger partial charge in [-0.25, -0.2) is 14.7 Å². The molecule has 3 aromatic heterocycles. The molecule has 170 valence electrons. The highest BCUT2D eigenvalue weighted by Crippen LogP contribution is 2.22. The summed E-state index contributed by atoms with van der Waals surface area (Å²) in [4.78, 5) is 13.8. The second-order valence-electron chi connectivity index (χ2n) is 7.39. The molecule has 0 bridgehead atoms. The Labute approximate surface area is 192 Å². The SMILES string of the molecule is Cc1nn(-c2ccccc2)c(Cl)c1/C=N\NC(=O)c1nnn(-c2nonc2N)c1C[NH+](C)C. The number of para-hydroxylation sites is 1. The van der Waals surface area contributed by atoms with Gasteiger partial charge >= 0.3 is 0 Å². The molecule has 13 nitrogen and oxygen atoms in total. The van der Waals surface area contributed by atoms with Gasteiger partial charge in [0.15, 0.2) is 5.69 Å². The number of carbonyl (C=O) groups is 1. The third kappa shape index (κ3) is 4.44. The number of nitrogens with two attached hydrogens (primary N) is 1. The third-order valence-corrected chi connectivity index (χ3v) is 4.97. The molecule has 4 rings (SSSR count). The molecule has 1 amide bonds. The molecule has 4 N–H and O–H groups in total. The standard InChI is InChI=1S/C19H20ClN11O2/c1-11-13(16(20)30(25-11)12-7-5-4-6-8-12)9-22-24-19(32)15-14(10-29(2)3)31(28-23-15)18-17(21)26-33-27-18/h4-9H,10H2,1-3H3,(H2,21,26)(H,24,32)/p+1/b22-9-. The Morgan fingerprint density at radius 1 is 1.27 bits per heavy atom. The Kier molecular flexibility index (Phi) is 6.15. The number of carbonyl (C=O) groups excluding carboxylic acids is 1. The molecule has 14 heteroatoms. The molecule has 4 aromatic rings. The Hall–Kier alpha value is -4.10. The molecule has 0 unspecified atom stereocenters. The number of benzene rings is 1. The van der Waals surface area contributed by atoms with Crippen molar-refractivity contribution < 1.29 is 14.3 Å². The summed E-state index contributed by atoms with van der Waals surface area (Å²) >= 11 is 6.49. The van der Waals surface area contributed by atoms with Crippen molar-refractivity contribution in [3.63, 3.8) is 0 Å². The zero-order chi connectivity index (χ0) is 23.5. The van der Waals surface area contributed by atoms with Crippen molar-refractivity contribution in [2.24, 2.45) is 5.10 Å². The van der Waals surface area contributed by atoms with Crippen LogP contribution in [0.25, 0.3) is 11.5 Å². The van der Waals surface area contributed by atoms with Crippen molar-refractivity contribution in [3.8, 4) is 11.5 Å². The van der Waals surface area contributed by atoms with Gasteiger partial charge in [0.1, 0.15) is 17.4 Å². The topological polar surface area (TPSA) is 159 Å². The van der Waals surface area contributed by atoms with E-state index in [1.54, 1.807) is 11.6 Å². The minimum absolute atomic E-state index is 0.0282. The lowest BCUT2D eigenvalue weighted by Crippen LogP contribution is -3.04. The molecule has 0 aliphatic heterocycles. The summed E-state index contributed by atoms with van der Waals surface area (Å²) in [5.41, 5.74) is 10.8. The van der Waals surface area contributed by atoms with Gasteiger partial charge in [0, 0.05) is 0 Å². The highest BCUT2D eigenvalue weighted by Gasteiger charge is 2.25. The van der Waals surface area contributed by atoms with Crippen molar-refractivity contribution in [3.05, 3.63) is 58.1 Å². The molecule has 0 aliphatic carbocycles. The number of hydrogen-bond acceptors (Lipinski definition) is 9. The van der Waals surface area contributed by atoms with Crippen molar-refractivity contribution >= 4 is 29.5 Å². The number of aromatic nitrogens is 7. The summed E-state index contributed by atoms with van der Waals surface area (Å²) in [6.07, 6.45) is 1.43. The highest BCUT2D eigenvalue weighted by atomic mass is 35.5. The number of hydrazone groups is 1. The van der Waals surface area contributed by atoms with E-state index >= 15 is 0 Å². The Morgan fingerprint density at radius 2 is 2.03 bits per heavy atom. The molecule has 0 saturated carbocycles. The number of anilines is 1. The number of halogens is 1. The van der Waals surface area contributed by atoms with E-state index < -0.39 is 5.91 Å². The molecule has 1 aromatic carbocycles. The number of quaternary nitrogens is 1. The van der Waals surface area contributed by atoms with E-state index in [1.165, 1.54) is 10.9 Å². The molecular formula is C19H21ClN11O2+. The number of nitrogens with one attached hydrogen (secondary N) is 2. The zero-order valence-corrected chi connectivity index (χ0v) is 18.8. The maximum Gasteiger partial charge on any atom is 0.294 e. The molecule has 0 spiro atoms. The summed E-state index contributed by atoms with van der Waals surface area (Å²) in [5, 5.41) is 24.1. The molecule has 0 fully saturated rings. The third-order valence-electron chi connectivity index (χ3n) is 4.60. The second-order valence-corrected chi connectivity index (χ2v) is 7.75. The molecular weight excluding hydrogens is 450 g/mol. The highest BCUT2D eigenvalue weighted by molar-refractivity contribution is 6.32. The van der Waals surface area contributed by atoms with Crippen LogP contribution >= 0.6 is 11.6 Å². The lowest BCUT2D eigenvalue weighted by Gasteiger charge is -2.08. The van der Waals surface area contributed by atoms with Crippen LogP contribution in [-0.4, -0.2) is 61.3 Å². The Morgan fingerprint density at radius 3 is 2.70 bits per heavy atom. The first kappa shape index (κ1) is 22.1. The Balaban J connectivity index is 1.57. The largest absolute Gasteiger partial charge is 0.378 e. The summed E-state index contributed by atoms with van der Waals surface area (Å²) in [7, 11) is 3.83. The summed E-state index contributed by atoms with van der Waals surface area (Å²) < 4.78 is 7.55. The van der Waals surface area contributed by atoms with Gasteiger partial charge < -0.3 is 10.6 Å². The average molecular weight is 471 g/mol. The van der Waals surface area contributed by atoms with Gasteiger partial charge in [0.2, 0.25) is 11.6 Å². The number of hydrogen-bond donors (Lipinski definition) is 3. The summed E-state index contributed by atoms with van der Waals surface area (Å²) in [6.45, 7) is 2.20. The average Bonchev–Trinajstić information content (AvgIpc) is 3.47. The number of aryl methyl sites for hydroxylation is 1. The fourth-order valence-electron chi connectivity index (χ4n) is 3.09. The minimum atomic E-state index is -0.562.